The third kappa shape index (κ3) is 3.17. The molecule has 1 aromatic rings. The van der Waals surface area contributed by atoms with Crippen LogP contribution in [0.1, 0.15) is 12.0 Å². The van der Waals surface area contributed by atoms with Crippen molar-refractivity contribution in [3.8, 4) is 0 Å². The lowest BCUT2D eigenvalue weighted by Crippen LogP contribution is -2.38. The maximum Gasteiger partial charge on any atom is 0.319 e. The normalized spacial score (nSPS) is 19.1. The van der Waals surface area contributed by atoms with Crippen molar-refractivity contribution < 1.29 is 13.9 Å². The first kappa shape index (κ1) is 11.9. The summed E-state index contributed by atoms with van der Waals surface area (Å²) >= 11 is 0. The summed E-state index contributed by atoms with van der Waals surface area (Å²) < 4.78 is 18.4. The standard InChI is InChI=1S/C12H15FN2O2/c1-8-2-3-9(6-11(8)13)14-12(16)15-10-4-5-17-7-10/h2-3,6,10H,4-5,7H2,1H3,(H2,14,15,16). The molecule has 1 atom stereocenters. The van der Waals surface area contributed by atoms with E-state index in [1.165, 1.54) is 6.07 Å². The molecule has 1 aliphatic heterocycles. The molecule has 17 heavy (non-hydrogen) atoms. The first-order chi connectivity index (χ1) is 8.15. The Labute approximate surface area is 99.2 Å². The molecule has 0 saturated carbocycles. The van der Waals surface area contributed by atoms with E-state index in [0.717, 1.165) is 6.42 Å². The highest BCUT2D eigenvalue weighted by Gasteiger charge is 2.17. The molecule has 0 spiro atoms. The van der Waals surface area contributed by atoms with Crippen molar-refractivity contribution in [3.05, 3.63) is 29.6 Å². The van der Waals surface area contributed by atoms with Gasteiger partial charge in [0.25, 0.3) is 0 Å². The molecule has 0 aliphatic carbocycles. The molecule has 5 heteroatoms. The molecule has 2 N–H and O–H groups in total. The fourth-order valence-corrected chi connectivity index (χ4v) is 1.67. The average Bonchev–Trinajstić information content (AvgIpc) is 2.76. The van der Waals surface area contributed by atoms with Crippen LogP contribution in [0.4, 0.5) is 14.9 Å². The second kappa shape index (κ2) is 5.14. The first-order valence-electron chi connectivity index (χ1n) is 5.56. The highest BCUT2D eigenvalue weighted by molar-refractivity contribution is 5.89. The number of halogens is 1. The number of aryl methyl sites for hydroxylation is 1. The summed E-state index contributed by atoms with van der Waals surface area (Å²) in [6.07, 6.45) is 0.815. The van der Waals surface area contributed by atoms with Crippen molar-refractivity contribution in [2.45, 2.75) is 19.4 Å². The van der Waals surface area contributed by atoms with Gasteiger partial charge < -0.3 is 15.4 Å². The summed E-state index contributed by atoms with van der Waals surface area (Å²) in [5.41, 5.74) is 1.00. The zero-order valence-electron chi connectivity index (χ0n) is 9.63. The number of carbonyl (C=O) groups is 1. The van der Waals surface area contributed by atoms with Crippen molar-refractivity contribution in [1.29, 1.82) is 0 Å². The fraction of sp³-hybridized carbons (Fsp3) is 0.417. The molecular formula is C12H15FN2O2. The summed E-state index contributed by atoms with van der Waals surface area (Å²) in [6, 6.07) is 4.32. The third-order valence-corrected chi connectivity index (χ3v) is 2.69. The van der Waals surface area contributed by atoms with Gasteiger partial charge in [-0.2, -0.15) is 0 Å². The Hall–Kier alpha value is -1.62. The topological polar surface area (TPSA) is 50.4 Å². The van der Waals surface area contributed by atoms with Crippen LogP contribution in [0.3, 0.4) is 0 Å². The fourth-order valence-electron chi connectivity index (χ4n) is 1.67. The van der Waals surface area contributed by atoms with Gasteiger partial charge in [0.15, 0.2) is 0 Å². The molecule has 1 saturated heterocycles. The molecule has 0 bridgehead atoms. The minimum absolute atomic E-state index is 0.0466. The third-order valence-electron chi connectivity index (χ3n) is 2.69. The largest absolute Gasteiger partial charge is 0.379 e. The SMILES string of the molecule is Cc1ccc(NC(=O)NC2CCOC2)cc1F. The van der Waals surface area contributed by atoms with Crippen LogP contribution < -0.4 is 10.6 Å². The monoisotopic (exact) mass is 238 g/mol. The molecule has 1 heterocycles. The molecule has 0 aromatic heterocycles. The van der Waals surface area contributed by atoms with Gasteiger partial charge in [-0.1, -0.05) is 6.07 Å². The van der Waals surface area contributed by atoms with Gasteiger partial charge in [0, 0.05) is 12.3 Å². The Morgan fingerprint density at radius 2 is 2.35 bits per heavy atom. The number of hydrogen-bond donors (Lipinski definition) is 2. The Kier molecular flexibility index (Phi) is 3.58. The number of anilines is 1. The molecule has 4 nitrogen and oxygen atoms in total. The van der Waals surface area contributed by atoms with Gasteiger partial charge in [-0.15, -0.1) is 0 Å². The molecular weight excluding hydrogens is 223 g/mol. The molecule has 1 aromatic carbocycles. The van der Waals surface area contributed by atoms with E-state index in [0.29, 0.717) is 24.5 Å². The van der Waals surface area contributed by atoms with Crippen LogP contribution in [0.2, 0.25) is 0 Å². The first-order valence-corrected chi connectivity index (χ1v) is 5.56. The highest BCUT2D eigenvalue weighted by atomic mass is 19.1. The molecule has 92 valence electrons. The zero-order chi connectivity index (χ0) is 12.3. The minimum Gasteiger partial charge on any atom is -0.379 e. The second-order valence-electron chi connectivity index (χ2n) is 4.12. The summed E-state index contributed by atoms with van der Waals surface area (Å²) in [7, 11) is 0. The van der Waals surface area contributed by atoms with Crippen molar-refractivity contribution in [2.75, 3.05) is 18.5 Å². The lowest BCUT2D eigenvalue weighted by Gasteiger charge is -2.12. The van der Waals surface area contributed by atoms with Gasteiger partial charge in [0.1, 0.15) is 5.82 Å². The summed E-state index contributed by atoms with van der Waals surface area (Å²) in [5, 5.41) is 5.36. The molecule has 2 amide bonds. The molecule has 0 radical (unpaired) electrons. The maximum absolute atomic E-state index is 13.2. The molecule has 1 aliphatic rings. The van der Waals surface area contributed by atoms with Gasteiger partial charge in [-0.3, -0.25) is 0 Å². The van der Waals surface area contributed by atoms with Gasteiger partial charge in [0.05, 0.1) is 12.6 Å². The smallest absolute Gasteiger partial charge is 0.319 e. The number of hydrogen-bond acceptors (Lipinski definition) is 2. The summed E-state index contributed by atoms with van der Waals surface area (Å²) in [4.78, 5) is 11.6. The van der Waals surface area contributed by atoms with Crippen LogP contribution >= 0.6 is 0 Å². The van der Waals surface area contributed by atoms with E-state index in [1.807, 2.05) is 0 Å². The Morgan fingerprint density at radius 3 is 3.00 bits per heavy atom. The van der Waals surface area contributed by atoms with E-state index >= 15 is 0 Å². The van der Waals surface area contributed by atoms with Crippen LogP contribution in [0.25, 0.3) is 0 Å². The molecule has 1 fully saturated rings. The second-order valence-corrected chi connectivity index (χ2v) is 4.12. The van der Waals surface area contributed by atoms with E-state index in [-0.39, 0.29) is 17.9 Å². The van der Waals surface area contributed by atoms with Crippen molar-refractivity contribution in [1.82, 2.24) is 5.32 Å². The Morgan fingerprint density at radius 1 is 1.53 bits per heavy atom. The lowest BCUT2D eigenvalue weighted by molar-refractivity contribution is 0.189. The number of rotatable bonds is 2. The lowest BCUT2D eigenvalue weighted by atomic mass is 10.2. The van der Waals surface area contributed by atoms with E-state index in [2.05, 4.69) is 10.6 Å². The van der Waals surface area contributed by atoms with Gasteiger partial charge in [-0.05, 0) is 31.0 Å². The summed E-state index contributed by atoms with van der Waals surface area (Å²) in [6.45, 7) is 2.88. The Balaban J connectivity index is 1.90. The summed E-state index contributed by atoms with van der Waals surface area (Å²) in [5.74, 6) is -0.327. The van der Waals surface area contributed by atoms with Crippen LogP contribution in [0.15, 0.2) is 18.2 Å². The van der Waals surface area contributed by atoms with E-state index < -0.39 is 0 Å². The van der Waals surface area contributed by atoms with Gasteiger partial charge in [0.2, 0.25) is 0 Å². The Bertz CT molecular complexity index is 417. The van der Waals surface area contributed by atoms with E-state index in [9.17, 15) is 9.18 Å². The number of benzene rings is 1. The molecule has 2 rings (SSSR count). The van der Waals surface area contributed by atoms with Gasteiger partial charge >= 0.3 is 6.03 Å². The zero-order valence-corrected chi connectivity index (χ0v) is 9.63. The van der Waals surface area contributed by atoms with Crippen LogP contribution in [-0.4, -0.2) is 25.3 Å². The average molecular weight is 238 g/mol. The molecule has 1 unspecified atom stereocenters. The number of urea groups is 1. The van der Waals surface area contributed by atoms with Crippen molar-refractivity contribution >= 4 is 11.7 Å². The van der Waals surface area contributed by atoms with Crippen molar-refractivity contribution in [3.63, 3.8) is 0 Å². The predicted octanol–water partition coefficient (Wildman–Crippen LogP) is 2.04. The van der Waals surface area contributed by atoms with E-state index in [1.54, 1.807) is 19.1 Å². The van der Waals surface area contributed by atoms with Crippen LogP contribution in [0.5, 0.6) is 0 Å². The number of amides is 2. The predicted molar refractivity (Wildman–Crippen MR) is 62.5 cm³/mol. The number of carbonyl (C=O) groups excluding carboxylic acids is 1. The van der Waals surface area contributed by atoms with Crippen LogP contribution in [0, 0.1) is 12.7 Å². The quantitative estimate of drug-likeness (QED) is 0.828. The van der Waals surface area contributed by atoms with Crippen molar-refractivity contribution in [2.24, 2.45) is 0 Å². The number of nitrogens with one attached hydrogen (secondary N) is 2. The highest BCUT2D eigenvalue weighted by Crippen LogP contribution is 2.13. The number of ether oxygens (including phenoxy) is 1. The van der Waals surface area contributed by atoms with Crippen LogP contribution in [-0.2, 0) is 4.74 Å². The maximum atomic E-state index is 13.2. The van der Waals surface area contributed by atoms with E-state index in [4.69, 9.17) is 4.74 Å². The van der Waals surface area contributed by atoms with Gasteiger partial charge in [-0.25, -0.2) is 9.18 Å². The minimum atomic E-state index is -0.330.